The van der Waals surface area contributed by atoms with E-state index in [2.05, 4.69) is 4.74 Å². The van der Waals surface area contributed by atoms with Gasteiger partial charge >= 0.3 is 6.18 Å². The Morgan fingerprint density at radius 1 is 1.30 bits per heavy atom. The Bertz CT molecular complexity index is 455. The molecule has 1 fully saturated rings. The molecule has 0 aromatic heterocycles. The van der Waals surface area contributed by atoms with Crippen LogP contribution in [0.1, 0.15) is 38.2 Å². The number of benzene rings is 1. The summed E-state index contributed by atoms with van der Waals surface area (Å²) < 4.78 is 40.8. The zero-order chi connectivity index (χ0) is 15.0. The van der Waals surface area contributed by atoms with Crippen molar-refractivity contribution in [3.05, 3.63) is 29.8 Å². The Kier molecular flexibility index (Phi) is 4.00. The second-order valence-corrected chi connectivity index (χ2v) is 5.64. The summed E-state index contributed by atoms with van der Waals surface area (Å²) in [5.41, 5.74) is 0.896. The van der Waals surface area contributed by atoms with Crippen LogP contribution in [0.3, 0.4) is 0 Å². The maximum atomic E-state index is 12.1. The zero-order valence-corrected chi connectivity index (χ0v) is 11.6. The lowest BCUT2D eigenvalue weighted by molar-refractivity contribution is -0.153. The summed E-state index contributed by atoms with van der Waals surface area (Å²) in [5.74, 6) is 0.461. The van der Waals surface area contributed by atoms with Crippen molar-refractivity contribution < 1.29 is 23.0 Å². The Labute approximate surface area is 116 Å². The molecule has 112 valence electrons. The molecule has 1 aromatic carbocycles. The van der Waals surface area contributed by atoms with Crippen LogP contribution in [0.25, 0.3) is 0 Å². The number of aliphatic hydroxyl groups excluding tert-OH is 1. The molecule has 1 aromatic rings. The molecule has 1 saturated carbocycles. The summed E-state index contributed by atoms with van der Waals surface area (Å²) in [6.07, 6.45) is -3.06. The lowest BCUT2D eigenvalue weighted by Crippen LogP contribution is -2.49. The maximum Gasteiger partial charge on any atom is 0.422 e. The van der Waals surface area contributed by atoms with Crippen LogP contribution in [0, 0.1) is 5.41 Å². The lowest BCUT2D eigenvalue weighted by Gasteiger charge is -2.51. The van der Waals surface area contributed by atoms with Crippen molar-refractivity contribution in [2.75, 3.05) is 6.61 Å². The van der Waals surface area contributed by atoms with E-state index in [0.29, 0.717) is 6.42 Å². The van der Waals surface area contributed by atoms with Crippen molar-refractivity contribution >= 4 is 0 Å². The molecule has 0 bridgehead atoms. The summed E-state index contributed by atoms with van der Waals surface area (Å²) in [6.45, 7) is 2.80. The minimum atomic E-state index is -4.32. The molecular weight excluding hydrogens is 269 g/mol. The summed E-state index contributed by atoms with van der Waals surface area (Å²) >= 11 is 0. The van der Waals surface area contributed by atoms with Crippen LogP contribution in [0.5, 0.6) is 5.75 Å². The van der Waals surface area contributed by atoms with Gasteiger partial charge in [-0.25, -0.2) is 0 Å². The average molecular weight is 288 g/mol. The minimum Gasteiger partial charge on any atom is -0.484 e. The summed E-state index contributed by atoms with van der Waals surface area (Å²) in [7, 11) is 0. The second kappa shape index (κ2) is 5.28. The van der Waals surface area contributed by atoms with Gasteiger partial charge in [-0.3, -0.25) is 0 Å². The fourth-order valence-electron chi connectivity index (χ4n) is 2.79. The van der Waals surface area contributed by atoms with Gasteiger partial charge in [-0.1, -0.05) is 26.0 Å². The Morgan fingerprint density at radius 3 is 2.35 bits per heavy atom. The summed E-state index contributed by atoms with van der Waals surface area (Å²) in [4.78, 5) is 0. The third-order valence-corrected chi connectivity index (χ3v) is 4.46. The van der Waals surface area contributed by atoms with Crippen LogP contribution in [-0.4, -0.2) is 24.0 Å². The first kappa shape index (κ1) is 15.2. The average Bonchev–Trinajstić information content (AvgIpc) is 2.41. The number of aliphatic hydroxyl groups is 1. The molecule has 2 nitrogen and oxygen atoms in total. The van der Waals surface area contributed by atoms with E-state index in [-0.39, 0.29) is 23.2 Å². The van der Waals surface area contributed by atoms with Gasteiger partial charge in [0.25, 0.3) is 0 Å². The van der Waals surface area contributed by atoms with E-state index < -0.39 is 12.8 Å². The van der Waals surface area contributed by atoms with Crippen molar-refractivity contribution in [2.45, 2.75) is 44.9 Å². The first-order chi connectivity index (χ1) is 9.26. The van der Waals surface area contributed by atoms with Gasteiger partial charge in [-0.15, -0.1) is 0 Å². The molecule has 3 unspecified atom stereocenters. The van der Waals surface area contributed by atoms with E-state index in [1.54, 1.807) is 24.3 Å². The fourth-order valence-corrected chi connectivity index (χ4v) is 2.79. The number of halogens is 3. The molecule has 0 heterocycles. The van der Waals surface area contributed by atoms with Crippen LogP contribution in [-0.2, 0) is 0 Å². The van der Waals surface area contributed by atoms with Gasteiger partial charge in [0.05, 0.1) is 6.10 Å². The minimum absolute atomic E-state index is 0.145. The van der Waals surface area contributed by atoms with Gasteiger partial charge in [0.15, 0.2) is 6.61 Å². The molecule has 0 amide bonds. The predicted molar refractivity (Wildman–Crippen MR) is 69.8 cm³/mol. The molecule has 0 saturated heterocycles. The van der Waals surface area contributed by atoms with Gasteiger partial charge in [0, 0.05) is 5.41 Å². The van der Waals surface area contributed by atoms with Crippen LogP contribution >= 0.6 is 0 Å². The van der Waals surface area contributed by atoms with Crippen LogP contribution in [0.15, 0.2) is 24.3 Å². The van der Waals surface area contributed by atoms with Crippen LogP contribution in [0.2, 0.25) is 0 Å². The van der Waals surface area contributed by atoms with Crippen LogP contribution in [0.4, 0.5) is 13.2 Å². The van der Waals surface area contributed by atoms with Crippen molar-refractivity contribution in [2.24, 2.45) is 5.41 Å². The molecule has 2 rings (SSSR count). The Balaban J connectivity index is 2.02. The summed E-state index contributed by atoms with van der Waals surface area (Å²) in [6, 6.07) is 6.69. The van der Waals surface area contributed by atoms with Crippen molar-refractivity contribution in [1.29, 1.82) is 0 Å². The number of rotatable bonds is 4. The van der Waals surface area contributed by atoms with E-state index in [1.807, 2.05) is 13.8 Å². The van der Waals surface area contributed by atoms with Crippen molar-refractivity contribution in [1.82, 2.24) is 0 Å². The van der Waals surface area contributed by atoms with Gasteiger partial charge in [-0.2, -0.15) is 13.2 Å². The summed E-state index contributed by atoms with van der Waals surface area (Å²) in [5, 5.41) is 9.88. The topological polar surface area (TPSA) is 29.5 Å². The van der Waals surface area contributed by atoms with Crippen molar-refractivity contribution in [3.8, 4) is 5.75 Å². The number of ether oxygens (including phenoxy) is 1. The smallest absolute Gasteiger partial charge is 0.422 e. The quantitative estimate of drug-likeness (QED) is 0.910. The van der Waals surface area contributed by atoms with E-state index in [4.69, 9.17) is 0 Å². The normalized spacial score (nSPS) is 29.9. The van der Waals surface area contributed by atoms with E-state index in [1.165, 1.54) is 0 Å². The molecule has 1 aliphatic rings. The van der Waals surface area contributed by atoms with Gasteiger partial charge < -0.3 is 9.84 Å². The second-order valence-electron chi connectivity index (χ2n) is 5.64. The third kappa shape index (κ3) is 2.92. The highest BCUT2D eigenvalue weighted by molar-refractivity contribution is 5.33. The molecule has 0 spiro atoms. The van der Waals surface area contributed by atoms with Crippen LogP contribution < -0.4 is 4.74 Å². The highest BCUT2D eigenvalue weighted by Crippen LogP contribution is 2.54. The standard InChI is InChI=1S/C15H19F3O2/c1-3-14(2)12(8-13(14)19)10-4-6-11(7-5-10)20-9-15(16,17)18/h4-7,12-13,19H,3,8-9H2,1-2H3. The highest BCUT2D eigenvalue weighted by Gasteiger charge is 2.49. The zero-order valence-electron chi connectivity index (χ0n) is 11.6. The SMILES string of the molecule is CCC1(C)C(O)CC1c1ccc(OCC(F)(F)F)cc1. The highest BCUT2D eigenvalue weighted by atomic mass is 19.4. The number of hydrogen-bond acceptors (Lipinski definition) is 2. The van der Waals surface area contributed by atoms with E-state index in [0.717, 1.165) is 12.0 Å². The Hall–Kier alpha value is -1.23. The first-order valence-corrected chi connectivity index (χ1v) is 6.74. The Morgan fingerprint density at radius 2 is 1.90 bits per heavy atom. The largest absolute Gasteiger partial charge is 0.484 e. The molecule has 3 atom stereocenters. The predicted octanol–water partition coefficient (Wildman–Crippen LogP) is 3.89. The maximum absolute atomic E-state index is 12.1. The van der Waals surface area contributed by atoms with Crippen molar-refractivity contribution in [3.63, 3.8) is 0 Å². The molecular formula is C15H19F3O2. The molecule has 1 aliphatic carbocycles. The number of hydrogen-bond donors (Lipinski definition) is 1. The van der Waals surface area contributed by atoms with Gasteiger partial charge in [0.1, 0.15) is 5.75 Å². The third-order valence-electron chi connectivity index (χ3n) is 4.46. The monoisotopic (exact) mass is 288 g/mol. The van der Waals surface area contributed by atoms with Gasteiger partial charge in [0.2, 0.25) is 0 Å². The van der Waals surface area contributed by atoms with E-state index >= 15 is 0 Å². The van der Waals surface area contributed by atoms with Gasteiger partial charge in [-0.05, 0) is 36.5 Å². The molecule has 0 radical (unpaired) electrons. The molecule has 1 N–H and O–H groups in total. The molecule has 5 heteroatoms. The number of alkyl halides is 3. The molecule has 0 aliphatic heterocycles. The first-order valence-electron chi connectivity index (χ1n) is 6.74. The fraction of sp³-hybridized carbons (Fsp3) is 0.600. The lowest BCUT2D eigenvalue weighted by atomic mass is 9.55. The molecule has 20 heavy (non-hydrogen) atoms. The van der Waals surface area contributed by atoms with E-state index in [9.17, 15) is 18.3 Å².